The summed E-state index contributed by atoms with van der Waals surface area (Å²) in [5, 5.41) is 24.3. The number of anilines is 2. The Kier molecular flexibility index (Phi) is 4.37. The van der Waals surface area contributed by atoms with Crippen LogP contribution in [-0.2, 0) is 4.79 Å². The lowest BCUT2D eigenvalue weighted by molar-refractivity contribution is -0.117. The second-order valence-electron chi connectivity index (χ2n) is 7.56. The first-order valence-corrected chi connectivity index (χ1v) is 9.79. The number of imidazole rings is 1. The van der Waals surface area contributed by atoms with Crippen molar-refractivity contribution in [3.8, 4) is 11.8 Å². The third-order valence-electron chi connectivity index (χ3n) is 5.46. The van der Waals surface area contributed by atoms with Crippen molar-refractivity contribution in [1.29, 1.82) is 5.26 Å². The molecule has 4 aromatic rings. The highest BCUT2D eigenvalue weighted by molar-refractivity contribution is 6.03. The normalized spacial score (nSPS) is 17.1. The second-order valence-corrected chi connectivity index (χ2v) is 7.56. The van der Waals surface area contributed by atoms with Gasteiger partial charge in [0.1, 0.15) is 5.82 Å². The number of fused-ring (bicyclic) bond motifs is 2. The number of amides is 2. The van der Waals surface area contributed by atoms with Crippen LogP contribution in [0.1, 0.15) is 6.42 Å². The Balaban J connectivity index is 1.63. The van der Waals surface area contributed by atoms with Crippen LogP contribution in [-0.4, -0.2) is 31.6 Å². The monoisotopic (exact) mass is 428 g/mol. The molecule has 0 spiro atoms. The molecule has 0 radical (unpaired) electrons. The molecule has 4 N–H and O–H groups in total. The number of aromatic amines is 1. The van der Waals surface area contributed by atoms with E-state index in [-0.39, 0.29) is 34.9 Å². The molecule has 2 heterocycles. The van der Waals surface area contributed by atoms with E-state index in [0.29, 0.717) is 33.9 Å². The zero-order valence-electron chi connectivity index (χ0n) is 16.5. The van der Waals surface area contributed by atoms with Gasteiger partial charge in [0.25, 0.3) is 0 Å². The van der Waals surface area contributed by atoms with E-state index in [0.717, 1.165) is 0 Å². The number of rotatable bonds is 4. The number of hydrogen-bond donors (Lipinski definition) is 4. The van der Waals surface area contributed by atoms with Gasteiger partial charge < -0.3 is 15.4 Å². The van der Waals surface area contributed by atoms with Crippen LogP contribution in [0.3, 0.4) is 0 Å². The van der Waals surface area contributed by atoms with Crippen molar-refractivity contribution in [1.82, 2.24) is 14.5 Å². The van der Waals surface area contributed by atoms with Gasteiger partial charge >= 0.3 is 11.8 Å². The highest BCUT2D eigenvalue weighted by atomic mass is 16.4. The topological polar surface area (TPSA) is 153 Å². The van der Waals surface area contributed by atoms with Gasteiger partial charge in [-0.1, -0.05) is 12.1 Å². The van der Waals surface area contributed by atoms with Gasteiger partial charge in [-0.2, -0.15) is 5.26 Å². The minimum atomic E-state index is -1.26. The van der Waals surface area contributed by atoms with Crippen LogP contribution in [0.15, 0.2) is 53.5 Å². The molecule has 1 aliphatic rings. The van der Waals surface area contributed by atoms with Gasteiger partial charge in [-0.05, 0) is 42.1 Å². The Morgan fingerprint density at radius 2 is 2.03 bits per heavy atom. The first-order valence-electron chi connectivity index (χ1n) is 9.79. The second kappa shape index (κ2) is 7.24. The smallest absolute Gasteiger partial charge is 0.409 e. The van der Waals surface area contributed by atoms with Gasteiger partial charge in [0.2, 0.25) is 5.91 Å². The number of para-hydroxylation sites is 2. The average molecular weight is 428 g/mol. The van der Waals surface area contributed by atoms with Crippen molar-refractivity contribution in [2.45, 2.75) is 6.42 Å². The summed E-state index contributed by atoms with van der Waals surface area (Å²) in [6.07, 6.45) is 0.714. The summed E-state index contributed by atoms with van der Waals surface area (Å²) in [6, 6.07) is 14.1. The van der Waals surface area contributed by atoms with Crippen LogP contribution < -0.4 is 16.3 Å². The fourth-order valence-electron chi connectivity index (χ4n) is 3.82. The van der Waals surface area contributed by atoms with Gasteiger partial charge in [-0.15, -0.1) is 0 Å². The lowest BCUT2D eigenvalue weighted by atomic mass is 10.1. The maximum absolute atomic E-state index is 12.6. The van der Waals surface area contributed by atoms with Crippen molar-refractivity contribution < 1.29 is 14.7 Å². The zero-order valence-corrected chi connectivity index (χ0v) is 16.5. The Hall–Kier alpha value is -4.65. The van der Waals surface area contributed by atoms with Crippen molar-refractivity contribution in [2.24, 2.45) is 11.8 Å². The third-order valence-corrected chi connectivity index (χ3v) is 5.46. The number of carbonyl (C=O) groups is 2. The van der Waals surface area contributed by atoms with E-state index >= 15 is 0 Å². The third kappa shape index (κ3) is 3.31. The van der Waals surface area contributed by atoms with E-state index in [4.69, 9.17) is 5.26 Å². The first kappa shape index (κ1) is 19.3. The lowest BCUT2D eigenvalue weighted by Crippen LogP contribution is -2.16. The number of hydrogen-bond acceptors (Lipinski definition) is 5. The SMILES string of the molecule is N#CC1CC1C(=O)Nc1cc2cc(-n3c(=O)[nH]c4ccccc43)cc(NC(=O)O)c2cn1. The summed E-state index contributed by atoms with van der Waals surface area (Å²) < 4.78 is 1.45. The standard InChI is InChI=1S/C22H16N6O4/c23-9-12-6-14(12)20(29)27-19-7-11-5-13(8-17(26-22(31)32)15(11)10-24-19)28-18-4-2-1-3-16(18)25-21(28)30/h1-5,7-8,10,12,14,26H,6H2,(H,25,30)(H,31,32)(H,24,27,29). The molecule has 10 nitrogen and oxygen atoms in total. The van der Waals surface area contributed by atoms with Gasteiger partial charge in [0, 0.05) is 11.6 Å². The van der Waals surface area contributed by atoms with Crippen LogP contribution in [0.25, 0.3) is 27.5 Å². The van der Waals surface area contributed by atoms with Crippen molar-refractivity contribution in [3.05, 3.63) is 59.1 Å². The van der Waals surface area contributed by atoms with E-state index in [1.165, 1.54) is 10.8 Å². The summed E-state index contributed by atoms with van der Waals surface area (Å²) in [5.74, 6) is -0.632. The summed E-state index contributed by atoms with van der Waals surface area (Å²) in [4.78, 5) is 43.3. The predicted molar refractivity (Wildman–Crippen MR) is 117 cm³/mol. The van der Waals surface area contributed by atoms with E-state index in [2.05, 4.69) is 26.7 Å². The number of benzene rings is 2. The largest absolute Gasteiger partial charge is 0.465 e. The van der Waals surface area contributed by atoms with Crippen molar-refractivity contribution >= 4 is 45.3 Å². The van der Waals surface area contributed by atoms with E-state index in [9.17, 15) is 19.5 Å². The highest BCUT2D eigenvalue weighted by Crippen LogP contribution is 2.38. The molecule has 0 saturated heterocycles. The molecular formula is C22H16N6O4. The lowest BCUT2D eigenvalue weighted by Gasteiger charge is -2.12. The molecule has 1 aliphatic carbocycles. The molecule has 1 saturated carbocycles. The molecule has 2 unspecified atom stereocenters. The molecule has 10 heteroatoms. The summed E-state index contributed by atoms with van der Waals surface area (Å²) in [5.41, 5.74) is 1.60. The molecule has 2 aromatic heterocycles. The Bertz CT molecular complexity index is 1510. The number of nitrogens with one attached hydrogen (secondary N) is 3. The number of H-pyrrole nitrogens is 1. The number of carboxylic acid groups (broad SMARTS) is 1. The average Bonchev–Trinajstić information content (AvgIpc) is 3.47. The Morgan fingerprint density at radius 3 is 2.78 bits per heavy atom. The molecule has 0 aliphatic heterocycles. The number of nitriles is 1. The molecule has 2 aromatic carbocycles. The number of nitrogens with zero attached hydrogens (tertiary/aromatic N) is 3. The van der Waals surface area contributed by atoms with Gasteiger partial charge in [0.15, 0.2) is 0 Å². The van der Waals surface area contributed by atoms with Crippen molar-refractivity contribution in [3.63, 3.8) is 0 Å². The number of carbonyl (C=O) groups excluding carboxylic acids is 1. The predicted octanol–water partition coefficient (Wildman–Crippen LogP) is 3.06. The van der Waals surface area contributed by atoms with Crippen molar-refractivity contribution in [2.75, 3.05) is 10.6 Å². The molecule has 2 amide bonds. The highest BCUT2D eigenvalue weighted by Gasteiger charge is 2.43. The van der Waals surface area contributed by atoms with Crippen LogP contribution in [0, 0.1) is 23.2 Å². The minimum Gasteiger partial charge on any atom is -0.465 e. The number of pyridine rings is 1. The van der Waals surface area contributed by atoms with E-state index in [1.54, 1.807) is 42.5 Å². The summed E-state index contributed by atoms with van der Waals surface area (Å²) in [6.45, 7) is 0. The Labute approximate surface area is 180 Å². The molecule has 5 rings (SSSR count). The van der Waals surface area contributed by atoms with E-state index < -0.39 is 6.09 Å². The molecule has 2 atom stereocenters. The quantitative estimate of drug-likeness (QED) is 0.392. The fraction of sp³-hybridized carbons (Fsp3) is 0.136. The van der Waals surface area contributed by atoms with Crippen LogP contribution in [0.4, 0.5) is 16.3 Å². The van der Waals surface area contributed by atoms with Crippen LogP contribution in [0.5, 0.6) is 0 Å². The molecule has 0 bridgehead atoms. The number of aromatic nitrogens is 3. The molecule has 1 fully saturated rings. The van der Waals surface area contributed by atoms with Gasteiger partial charge in [-0.25, -0.2) is 14.6 Å². The molecule has 32 heavy (non-hydrogen) atoms. The van der Waals surface area contributed by atoms with Crippen LogP contribution >= 0.6 is 0 Å². The summed E-state index contributed by atoms with van der Waals surface area (Å²) >= 11 is 0. The minimum absolute atomic E-state index is 0.249. The maximum Gasteiger partial charge on any atom is 0.409 e. The summed E-state index contributed by atoms with van der Waals surface area (Å²) in [7, 11) is 0. The van der Waals surface area contributed by atoms with E-state index in [1.807, 2.05) is 0 Å². The maximum atomic E-state index is 12.6. The zero-order chi connectivity index (χ0) is 22.4. The molecule has 158 valence electrons. The van der Waals surface area contributed by atoms with Gasteiger partial charge in [0.05, 0.1) is 40.3 Å². The first-order chi connectivity index (χ1) is 15.4. The Morgan fingerprint density at radius 1 is 1.22 bits per heavy atom. The van der Waals surface area contributed by atoms with Gasteiger partial charge in [-0.3, -0.25) is 14.7 Å². The van der Waals surface area contributed by atoms with Crippen LogP contribution in [0.2, 0.25) is 0 Å². The molecular weight excluding hydrogens is 412 g/mol. The fourth-order valence-corrected chi connectivity index (χ4v) is 3.82.